The van der Waals surface area contributed by atoms with Crippen molar-refractivity contribution in [3.05, 3.63) is 176 Å². The molecule has 0 saturated carbocycles. The summed E-state index contributed by atoms with van der Waals surface area (Å²) in [7, 11) is 0. The van der Waals surface area contributed by atoms with Crippen LogP contribution in [0.3, 0.4) is 0 Å². The van der Waals surface area contributed by atoms with Crippen molar-refractivity contribution in [2.75, 3.05) is 4.90 Å². The van der Waals surface area contributed by atoms with Gasteiger partial charge in [0.25, 0.3) is 0 Å². The minimum absolute atomic E-state index is 1.13. The maximum absolute atomic E-state index is 2.47. The Morgan fingerprint density at radius 2 is 0.917 bits per heavy atom. The monoisotopic (exact) mass is 627 g/mol. The highest BCUT2D eigenvalue weighted by molar-refractivity contribution is 7.26. The molecule has 10 rings (SSSR count). The largest absolute Gasteiger partial charge is 0.309 e. The fraction of sp³-hybridized carbons (Fsp3) is 0. The van der Waals surface area contributed by atoms with Crippen molar-refractivity contribution in [1.29, 1.82) is 0 Å². The van der Waals surface area contributed by atoms with Crippen molar-refractivity contribution < 1.29 is 0 Å². The molecule has 0 fully saturated rings. The van der Waals surface area contributed by atoms with E-state index in [-0.39, 0.29) is 0 Å². The van der Waals surface area contributed by atoms with Gasteiger partial charge in [0.2, 0.25) is 0 Å². The van der Waals surface area contributed by atoms with E-state index < -0.39 is 0 Å². The van der Waals surface area contributed by atoms with Gasteiger partial charge in [0.05, 0.1) is 10.4 Å². The summed E-state index contributed by atoms with van der Waals surface area (Å²) < 4.78 is 2.60. The average Bonchev–Trinajstić information content (AvgIpc) is 3.55. The van der Waals surface area contributed by atoms with E-state index in [2.05, 4.69) is 181 Å². The molecule has 0 radical (unpaired) electrons. The van der Waals surface area contributed by atoms with Gasteiger partial charge >= 0.3 is 0 Å². The Morgan fingerprint density at radius 1 is 0.354 bits per heavy atom. The van der Waals surface area contributed by atoms with Gasteiger partial charge in [0, 0.05) is 26.8 Å². The van der Waals surface area contributed by atoms with Crippen LogP contribution < -0.4 is 4.90 Å². The molecule has 0 amide bonds. The summed E-state index contributed by atoms with van der Waals surface area (Å²) in [4.78, 5) is 2.47. The second kappa shape index (κ2) is 10.8. The van der Waals surface area contributed by atoms with Crippen molar-refractivity contribution in [3.63, 3.8) is 0 Å². The molecule has 9 aromatic carbocycles. The highest BCUT2D eigenvalue weighted by Gasteiger charge is 2.20. The minimum atomic E-state index is 1.13. The van der Waals surface area contributed by atoms with Crippen LogP contribution in [0.25, 0.3) is 74.4 Å². The normalized spacial score (nSPS) is 11.8. The molecule has 1 aromatic heterocycles. The Morgan fingerprint density at radius 3 is 1.71 bits per heavy atom. The number of hydrogen-bond donors (Lipinski definition) is 0. The zero-order valence-corrected chi connectivity index (χ0v) is 26.9. The van der Waals surface area contributed by atoms with Gasteiger partial charge in [-0.25, -0.2) is 0 Å². The molecule has 0 saturated heterocycles. The van der Waals surface area contributed by atoms with E-state index in [1.165, 1.54) is 80.1 Å². The van der Waals surface area contributed by atoms with Crippen LogP contribution in [0.1, 0.15) is 0 Å². The van der Waals surface area contributed by atoms with Crippen LogP contribution in [0.15, 0.2) is 176 Å². The molecular formula is C46H29NS. The molecular weight excluding hydrogens is 599 g/mol. The van der Waals surface area contributed by atoms with Gasteiger partial charge in [-0.1, -0.05) is 140 Å². The third kappa shape index (κ3) is 4.17. The first-order valence-electron chi connectivity index (χ1n) is 16.4. The van der Waals surface area contributed by atoms with Crippen LogP contribution >= 0.6 is 11.3 Å². The van der Waals surface area contributed by atoms with Gasteiger partial charge in [-0.05, 0) is 90.6 Å². The van der Waals surface area contributed by atoms with Crippen LogP contribution in [0, 0.1) is 0 Å². The molecule has 0 bridgehead atoms. The summed E-state index contributed by atoms with van der Waals surface area (Å²) in [5, 5.41) is 12.8. The van der Waals surface area contributed by atoms with Crippen molar-refractivity contribution in [2.45, 2.75) is 0 Å². The van der Waals surface area contributed by atoms with Gasteiger partial charge in [0.1, 0.15) is 0 Å². The van der Waals surface area contributed by atoms with Crippen LogP contribution in [-0.2, 0) is 0 Å². The molecule has 10 aromatic rings. The summed E-state index contributed by atoms with van der Waals surface area (Å²) in [5.74, 6) is 0. The number of anilines is 3. The van der Waals surface area contributed by atoms with Gasteiger partial charge in [-0.2, -0.15) is 0 Å². The maximum atomic E-state index is 2.47. The van der Waals surface area contributed by atoms with Crippen LogP contribution in [0.4, 0.5) is 17.1 Å². The molecule has 1 nitrogen and oxygen atoms in total. The fourth-order valence-electron chi connectivity index (χ4n) is 7.66. The number of hydrogen-bond acceptors (Lipinski definition) is 2. The molecule has 0 atom stereocenters. The lowest BCUT2D eigenvalue weighted by atomic mass is 9.94. The topological polar surface area (TPSA) is 3.24 Å². The first-order valence-corrected chi connectivity index (χ1v) is 17.3. The molecule has 0 spiro atoms. The standard InChI is InChI=1S/C46H29NS/c1-2-16-34-30(12-1)13-10-22-35(34)31-14-9-15-32(28-31)47(44-24-11-23-42-41-21-7-8-25-45(41)48-46(42)44)33-26-27-40-38-19-4-3-17-36(38)37-18-5-6-20-39(37)43(40)29-33/h1-29H. The first-order chi connectivity index (χ1) is 23.8. The molecule has 224 valence electrons. The highest BCUT2D eigenvalue weighted by Crippen LogP contribution is 2.47. The van der Waals surface area contributed by atoms with Gasteiger partial charge in [-0.3, -0.25) is 0 Å². The summed E-state index contributed by atoms with van der Waals surface area (Å²) in [6, 6.07) is 64.5. The van der Waals surface area contributed by atoms with Crippen LogP contribution in [0.2, 0.25) is 0 Å². The molecule has 0 aliphatic heterocycles. The van der Waals surface area contributed by atoms with Crippen molar-refractivity contribution >= 4 is 91.7 Å². The molecule has 0 unspecified atom stereocenters. The van der Waals surface area contributed by atoms with Crippen LogP contribution in [-0.4, -0.2) is 0 Å². The lowest BCUT2D eigenvalue weighted by molar-refractivity contribution is 1.31. The molecule has 48 heavy (non-hydrogen) atoms. The molecule has 2 heteroatoms. The van der Waals surface area contributed by atoms with Gasteiger partial charge in [-0.15, -0.1) is 11.3 Å². The van der Waals surface area contributed by atoms with Gasteiger partial charge < -0.3 is 4.90 Å². The summed E-state index contributed by atoms with van der Waals surface area (Å²) >= 11 is 1.87. The number of fused-ring (bicyclic) bond motifs is 10. The van der Waals surface area contributed by atoms with E-state index in [0.717, 1.165) is 11.4 Å². The zero-order chi connectivity index (χ0) is 31.6. The van der Waals surface area contributed by atoms with E-state index in [1.54, 1.807) is 0 Å². The van der Waals surface area contributed by atoms with Crippen molar-refractivity contribution in [3.8, 4) is 11.1 Å². The second-order valence-corrected chi connectivity index (χ2v) is 13.5. The SMILES string of the molecule is c1cc(-c2cccc3ccccc23)cc(N(c2ccc3c4ccccc4c4ccccc4c3c2)c2cccc3c2sc2ccccc23)c1. The third-order valence-electron chi connectivity index (χ3n) is 9.82. The number of benzene rings is 9. The van der Waals surface area contributed by atoms with Gasteiger partial charge in [0.15, 0.2) is 0 Å². The Kier molecular flexibility index (Phi) is 6.12. The van der Waals surface area contributed by atoms with Crippen molar-refractivity contribution in [2.24, 2.45) is 0 Å². The summed E-state index contributed by atoms with van der Waals surface area (Å²) in [6.45, 7) is 0. The average molecular weight is 628 g/mol. The van der Waals surface area contributed by atoms with E-state index in [9.17, 15) is 0 Å². The lowest BCUT2D eigenvalue weighted by Gasteiger charge is -2.27. The molecule has 0 aliphatic carbocycles. The van der Waals surface area contributed by atoms with E-state index in [1.807, 2.05) is 11.3 Å². The predicted molar refractivity (Wildman–Crippen MR) is 209 cm³/mol. The zero-order valence-electron chi connectivity index (χ0n) is 26.1. The number of rotatable bonds is 4. The quantitative estimate of drug-likeness (QED) is 0.176. The molecule has 0 N–H and O–H groups in total. The summed E-state index contributed by atoms with van der Waals surface area (Å²) in [5.41, 5.74) is 5.91. The molecule has 1 heterocycles. The van der Waals surface area contributed by atoms with Crippen molar-refractivity contribution in [1.82, 2.24) is 0 Å². The number of thiophene rings is 1. The maximum Gasteiger partial charge on any atom is 0.0640 e. The Labute approximate surface area is 282 Å². The highest BCUT2D eigenvalue weighted by atomic mass is 32.1. The third-order valence-corrected chi connectivity index (χ3v) is 11.0. The Bertz CT molecular complexity index is 2820. The Hall–Kier alpha value is -5.96. The second-order valence-electron chi connectivity index (χ2n) is 12.5. The number of nitrogens with zero attached hydrogens (tertiary/aromatic N) is 1. The first kappa shape index (κ1) is 27.2. The van der Waals surface area contributed by atoms with E-state index in [0.29, 0.717) is 0 Å². The smallest absolute Gasteiger partial charge is 0.0640 e. The van der Waals surface area contributed by atoms with E-state index in [4.69, 9.17) is 0 Å². The fourth-order valence-corrected chi connectivity index (χ4v) is 8.87. The minimum Gasteiger partial charge on any atom is -0.309 e. The summed E-state index contributed by atoms with van der Waals surface area (Å²) in [6.07, 6.45) is 0. The predicted octanol–water partition coefficient (Wildman–Crippen LogP) is 13.8. The Balaban J connectivity index is 1.27. The molecule has 0 aliphatic rings. The van der Waals surface area contributed by atoms with Crippen LogP contribution in [0.5, 0.6) is 0 Å². The lowest BCUT2D eigenvalue weighted by Crippen LogP contribution is -2.10. The van der Waals surface area contributed by atoms with E-state index >= 15 is 0 Å².